The Hall–Kier alpha value is -1.02. The Labute approximate surface area is 109 Å². The molecule has 0 saturated carbocycles. The molecule has 3 heteroatoms. The zero-order valence-corrected chi connectivity index (χ0v) is 11.7. The zero-order valence-electron chi connectivity index (χ0n) is 11.0. The van der Waals surface area contributed by atoms with Crippen molar-refractivity contribution in [1.82, 2.24) is 4.90 Å². The molecule has 1 aromatic rings. The molecule has 1 amide bonds. The maximum Gasteiger partial charge on any atom is 0.253 e. The second kappa shape index (κ2) is 6.06. The van der Waals surface area contributed by atoms with Crippen molar-refractivity contribution >= 4 is 17.5 Å². The van der Waals surface area contributed by atoms with E-state index in [1.54, 1.807) is 11.0 Å². The van der Waals surface area contributed by atoms with Crippen LogP contribution in [0.25, 0.3) is 0 Å². The van der Waals surface area contributed by atoms with Crippen LogP contribution in [0.15, 0.2) is 18.2 Å². The quantitative estimate of drug-likeness (QED) is 0.796. The molecule has 0 spiro atoms. The molecule has 0 aliphatic heterocycles. The molecule has 0 aliphatic rings. The highest BCUT2D eigenvalue weighted by molar-refractivity contribution is 6.31. The summed E-state index contributed by atoms with van der Waals surface area (Å²) in [6, 6.07) is 5.59. The molecule has 94 valence electrons. The molecule has 0 bridgehead atoms. The van der Waals surface area contributed by atoms with Crippen LogP contribution in [0.5, 0.6) is 0 Å². The summed E-state index contributed by atoms with van der Waals surface area (Å²) in [5.41, 5.74) is 1.76. The Balaban J connectivity index is 3.01. The van der Waals surface area contributed by atoms with E-state index < -0.39 is 0 Å². The van der Waals surface area contributed by atoms with Crippen LogP contribution in [0.2, 0.25) is 5.02 Å². The summed E-state index contributed by atoms with van der Waals surface area (Å²) >= 11 is 6.19. The highest BCUT2D eigenvalue weighted by Gasteiger charge is 2.14. The number of carbonyl (C=O) groups excluding carboxylic acids is 1. The zero-order chi connectivity index (χ0) is 13.0. The summed E-state index contributed by atoms with van der Waals surface area (Å²) < 4.78 is 0. The number of halogens is 1. The summed E-state index contributed by atoms with van der Waals surface area (Å²) in [4.78, 5) is 13.9. The monoisotopic (exact) mass is 253 g/mol. The van der Waals surface area contributed by atoms with Gasteiger partial charge in [-0.2, -0.15) is 0 Å². The summed E-state index contributed by atoms with van der Waals surface area (Å²) in [5.74, 6) is 0.423. The maximum absolute atomic E-state index is 12.1. The van der Waals surface area contributed by atoms with Crippen LogP contribution in [-0.2, 0) is 0 Å². The van der Waals surface area contributed by atoms with E-state index in [4.69, 9.17) is 11.6 Å². The first kappa shape index (κ1) is 14.0. The lowest BCUT2D eigenvalue weighted by Crippen LogP contribution is -2.30. The molecular weight excluding hydrogens is 234 g/mol. The van der Waals surface area contributed by atoms with E-state index in [2.05, 4.69) is 13.8 Å². The maximum atomic E-state index is 12.1. The van der Waals surface area contributed by atoms with Crippen molar-refractivity contribution in [2.24, 2.45) is 0 Å². The minimum atomic E-state index is 0.0483. The van der Waals surface area contributed by atoms with Crippen LogP contribution < -0.4 is 0 Å². The first-order valence-corrected chi connectivity index (χ1v) is 6.47. The number of nitrogens with zero attached hydrogens (tertiary/aromatic N) is 1. The molecule has 0 aliphatic carbocycles. The van der Waals surface area contributed by atoms with Crippen molar-refractivity contribution in [3.05, 3.63) is 34.3 Å². The lowest BCUT2D eigenvalue weighted by Gasteiger charge is -2.19. The normalized spacial score (nSPS) is 10.7. The number of carbonyl (C=O) groups is 1. The van der Waals surface area contributed by atoms with E-state index >= 15 is 0 Å². The van der Waals surface area contributed by atoms with Gasteiger partial charge in [0, 0.05) is 23.7 Å². The van der Waals surface area contributed by atoms with Crippen LogP contribution in [-0.4, -0.2) is 23.9 Å². The summed E-state index contributed by atoms with van der Waals surface area (Å²) in [6.07, 6.45) is 0. The van der Waals surface area contributed by atoms with Gasteiger partial charge in [0.15, 0.2) is 0 Å². The van der Waals surface area contributed by atoms with Gasteiger partial charge in [-0.05, 0) is 37.5 Å². The average Bonchev–Trinajstić information content (AvgIpc) is 2.29. The molecule has 17 heavy (non-hydrogen) atoms. The Morgan fingerprint density at radius 2 is 1.88 bits per heavy atom. The predicted octanol–water partition coefficient (Wildman–Crippen LogP) is 3.95. The van der Waals surface area contributed by atoms with Crippen molar-refractivity contribution < 1.29 is 4.79 Å². The second-order valence-electron chi connectivity index (χ2n) is 4.37. The van der Waals surface area contributed by atoms with Gasteiger partial charge in [-0.3, -0.25) is 4.79 Å². The topological polar surface area (TPSA) is 20.3 Å². The van der Waals surface area contributed by atoms with Gasteiger partial charge in [-0.1, -0.05) is 31.5 Å². The van der Waals surface area contributed by atoms with Gasteiger partial charge in [0.25, 0.3) is 5.91 Å². The Bertz CT molecular complexity index is 397. The van der Waals surface area contributed by atoms with Crippen LogP contribution in [0.1, 0.15) is 49.5 Å². The first-order valence-electron chi connectivity index (χ1n) is 6.09. The fourth-order valence-corrected chi connectivity index (χ4v) is 2.22. The molecule has 1 aromatic carbocycles. The molecule has 1 rings (SSSR count). The van der Waals surface area contributed by atoms with E-state index in [1.807, 2.05) is 26.0 Å². The fraction of sp³-hybridized carbons (Fsp3) is 0.500. The third-order valence-electron chi connectivity index (χ3n) is 2.92. The van der Waals surface area contributed by atoms with Gasteiger partial charge in [-0.15, -0.1) is 0 Å². The first-order chi connectivity index (χ1) is 8.01. The molecule has 0 saturated heterocycles. The Kier molecular flexibility index (Phi) is 5.01. The van der Waals surface area contributed by atoms with E-state index in [0.717, 1.165) is 18.7 Å². The highest BCUT2D eigenvalue weighted by Crippen LogP contribution is 2.25. The van der Waals surface area contributed by atoms with Gasteiger partial charge in [-0.25, -0.2) is 0 Å². The van der Waals surface area contributed by atoms with E-state index in [-0.39, 0.29) is 5.91 Å². The summed E-state index contributed by atoms with van der Waals surface area (Å²) in [5, 5.41) is 0.679. The predicted molar refractivity (Wildman–Crippen MR) is 72.8 cm³/mol. The van der Waals surface area contributed by atoms with Crippen LogP contribution in [0, 0.1) is 0 Å². The van der Waals surface area contributed by atoms with Gasteiger partial charge >= 0.3 is 0 Å². The molecule has 0 unspecified atom stereocenters. The lowest BCUT2D eigenvalue weighted by atomic mass is 10.0. The van der Waals surface area contributed by atoms with Gasteiger partial charge in [0.1, 0.15) is 0 Å². The van der Waals surface area contributed by atoms with E-state index in [0.29, 0.717) is 16.5 Å². The second-order valence-corrected chi connectivity index (χ2v) is 4.78. The largest absolute Gasteiger partial charge is 0.339 e. The minimum absolute atomic E-state index is 0.0483. The Morgan fingerprint density at radius 3 is 2.29 bits per heavy atom. The average molecular weight is 254 g/mol. The number of hydrogen-bond acceptors (Lipinski definition) is 1. The molecule has 2 nitrogen and oxygen atoms in total. The van der Waals surface area contributed by atoms with Gasteiger partial charge < -0.3 is 4.90 Å². The highest BCUT2D eigenvalue weighted by atomic mass is 35.5. The van der Waals surface area contributed by atoms with Gasteiger partial charge in [0.2, 0.25) is 0 Å². The molecule has 0 fully saturated rings. The van der Waals surface area contributed by atoms with Crippen molar-refractivity contribution in [3.63, 3.8) is 0 Å². The van der Waals surface area contributed by atoms with Crippen LogP contribution >= 0.6 is 11.6 Å². The third-order valence-corrected chi connectivity index (χ3v) is 3.25. The van der Waals surface area contributed by atoms with Crippen molar-refractivity contribution in [3.8, 4) is 0 Å². The Morgan fingerprint density at radius 1 is 1.29 bits per heavy atom. The lowest BCUT2D eigenvalue weighted by molar-refractivity contribution is 0.0773. The van der Waals surface area contributed by atoms with Crippen LogP contribution in [0.3, 0.4) is 0 Å². The number of amides is 1. The standard InChI is InChI=1S/C14H20ClNO/c1-5-16(6-2)14(17)11-7-8-12(10(3)4)13(15)9-11/h7-10H,5-6H2,1-4H3. The summed E-state index contributed by atoms with van der Waals surface area (Å²) in [7, 11) is 0. The smallest absolute Gasteiger partial charge is 0.253 e. The van der Waals surface area contributed by atoms with Gasteiger partial charge in [0.05, 0.1) is 0 Å². The number of hydrogen-bond donors (Lipinski definition) is 0. The molecule has 0 N–H and O–H groups in total. The number of benzene rings is 1. The fourth-order valence-electron chi connectivity index (χ4n) is 1.82. The molecule has 0 radical (unpaired) electrons. The number of rotatable bonds is 4. The van der Waals surface area contributed by atoms with Crippen molar-refractivity contribution in [2.45, 2.75) is 33.6 Å². The molecular formula is C14H20ClNO. The summed E-state index contributed by atoms with van der Waals surface area (Å²) in [6.45, 7) is 9.58. The van der Waals surface area contributed by atoms with E-state index in [1.165, 1.54) is 0 Å². The van der Waals surface area contributed by atoms with Crippen LogP contribution in [0.4, 0.5) is 0 Å². The van der Waals surface area contributed by atoms with E-state index in [9.17, 15) is 4.79 Å². The molecule has 0 aromatic heterocycles. The third kappa shape index (κ3) is 3.22. The van der Waals surface area contributed by atoms with Crippen molar-refractivity contribution in [1.29, 1.82) is 0 Å². The molecule has 0 atom stereocenters. The van der Waals surface area contributed by atoms with Crippen molar-refractivity contribution in [2.75, 3.05) is 13.1 Å². The SMILES string of the molecule is CCN(CC)C(=O)c1ccc(C(C)C)c(Cl)c1. The minimum Gasteiger partial charge on any atom is -0.339 e. The molecule has 0 heterocycles.